The van der Waals surface area contributed by atoms with Crippen LogP contribution in [0.2, 0.25) is 0 Å². The van der Waals surface area contributed by atoms with Gasteiger partial charge in [0.05, 0.1) is 23.5 Å². The van der Waals surface area contributed by atoms with E-state index in [0.717, 1.165) is 30.3 Å². The van der Waals surface area contributed by atoms with E-state index in [2.05, 4.69) is 20.6 Å². The number of aromatic nitrogens is 2. The molecule has 0 saturated heterocycles. The largest absolute Gasteiger partial charge is 0.444 e. The fourth-order valence-corrected chi connectivity index (χ4v) is 4.74. The molecule has 3 atom stereocenters. The van der Waals surface area contributed by atoms with Crippen LogP contribution in [-0.4, -0.2) is 39.4 Å². The second-order valence-electron chi connectivity index (χ2n) is 10.7. The summed E-state index contributed by atoms with van der Waals surface area (Å²) < 4.78 is 48.4. The quantitative estimate of drug-likeness (QED) is 0.413. The van der Waals surface area contributed by atoms with Crippen molar-refractivity contribution in [3.8, 4) is 11.3 Å². The SMILES string of the molecule is CC1CC(c2ccncc2NC(=O)c2ccc(F)c(-c3c(F)cccc3F)n2)CC(NC(=O)OC(C)(C)C)C1=O. The Balaban J connectivity index is 1.58. The van der Waals surface area contributed by atoms with Gasteiger partial charge in [0.25, 0.3) is 5.91 Å². The molecule has 1 aliphatic carbocycles. The summed E-state index contributed by atoms with van der Waals surface area (Å²) >= 11 is 0. The van der Waals surface area contributed by atoms with Gasteiger partial charge >= 0.3 is 6.09 Å². The molecule has 1 saturated carbocycles. The number of carbonyl (C=O) groups is 3. The second kappa shape index (κ2) is 11.4. The van der Waals surface area contributed by atoms with Gasteiger partial charge in [-0.25, -0.2) is 22.9 Å². The number of ether oxygens (including phenoxy) is 1. The van der Waals surface area contributed by atoms with Crippen LogP contribution in [0.5, 0.6) is 0 Å². The number of ketones is 1. The van der Waals surface area contributed by atoms with E-state index in [1.165, 1.54) is 12.4 Å². The molecule has 2 heterocycles. The summed E-state index contributed by atoms with van der Waals surface area (Å²) in [7, 11) is 0. The Morgan fingerprint density at radius 1 is 1.00 bits per heavy atom. The summed E-state index contributed by atoms with van der Waals surface area (Å²) in [4.78, 5) is 46.3. The van der Waals surface area contributed by atoms with Crippen LogP contribution in [0.3, 0.4) is 0 Å². The number of pyridine rings is 2. The van der Waals surface area contributed by atoms with Gasteiger partial charge in [0.1, 0.15) is 34.4 Å². The van der Waals surface area contributed by atoms with Gasteiger partial charge in [-0.1, -0.05) is 13.0 Å². The number of anilines is 1. The number of Topliss-reactive ketones (excluding diaryl/α,β-unsaturated/α-hetero) is 1. The minimum Gasteiger partial charge on any atom is -0.444 e. The summed E-state index contributed by atoms with van der Waals surface area (Å²) in [6, 6.07) is 5.99. The number of rotatable bonds is 5. The van der Waals surface area contributed by atoms with Crippen molar-refractivity contribution in [1.82, 2.24) is 15.3 Å². The van der Waals surface area contributed by atoms with E-state index in [0.29, 0.717) is 17.7 Å². The van der Waals surface area contributed by atoms with Crippen LogP contribution in [-0.2, 0) is 9.53 Å². The van der Waals surface area contributed by atoms with Crippen LogP contribution in [0.4, 0.5) is 23.7 Å². The first kappa shape index (κ1) is 28.7. The van der Waals surface area contributed by atoms with E-state index >= 15 is 0 Å². The molecule has 2 N–H and O–H groups in total. The van der Waals surface area contributed by atoms with Crippen molar-refractivity contribution in [2.45, 2.75) is 58.1 Å². The molecule has 210 valence electrons. The van der Waals surface area contributed by atoms with E-state index in [-0.39, 0.29) is 29.7 Å². The van der Waals surface area contributed by atoms with E-state index in [1.54, 1.807) is 33.8 Å². The third kappa shape index (κ3) is 6.47. The highest BCUT2D eigenvalue weighted by molar-refractivity contribution is 6.03. The number of amides is 2. The first-order valence-corrected chi connectivity index (χ1v) is 12.7. The van der Waals surface area contributed by atoms with Crippen LogP contribution in [0.25, 0.3) is 11.3 Å². The average molecular weight is 555 g/mol. The number of alkyl carbamates (subject to hydrolysis) is 1. The highest BCUT2D eigenvalue weighted by Gasteiger charge is 2.37. The molecule has 1 fully saturated rings. The number of nitrogens with zero attached hydrogens (tertiary/aromatic N) is 2. The summed E-state index contributed by atoms with van der Waals surface area (Å²) in [6.07, 6.45) is 2.99. The zero-order valence-corrected chi connectivity index (χ0v) is 22.4. The lowest BCUT2D eigenvalue weighted by atomic mass is 9.75. The molecule has 0 radical (unpaired) electrons. The smallest absolute Gasteiger partial charge is 0.408 e. The van der Waals surface area contributed by atoms with Crippen molar-refractivity contribution >= 4 is 23.5 Å². The number of hydrogen-bond donors (Lipinski definition) is 2. The van der Waals surface area contributed by atoms with Gasteiger partial charge in [-0.15, -0.1) is 0 Å². The Morgan fingerprint density at radius 2 is 1.70 bits per heavy atom. The van der Waals surface area contributed by atoms with Crippen LogP contribution < -0.4 is 10.6 Å². The van der Waals surface area contributed by atoms with Crippen LogP contribution in [0.1, 0.15) is 62.5 Å². The third-order valence-electron chi connectivity index (χ3n) is 6.50. The van der Waals surface area contributed by atoms with Gasteiger partial charge in [-0.05, 0) is 75.4 Å². The molecule has 0 bridgehead atoms. The molecule has 1 aromatic carbocycles. The molecule has 3 aromatic rings. The summed E-state index contributed by atoms with van der Waals surface area (Å²) in [5.74, 6) is -4.53. The normalized spacial score (nSPS) is 19.2. The predicted molar refractivity (Wildman–Crippen MR) is 141 cm³/mol. The van der Waals surface area contributed by atoms with Crippen LogP contribution >= 0.6 is 0 Å². The monoisotopic (exact) mass is 554 g/mol. The summed E-state index contributed by atoms with van der Waals surface area (Å²) in [5.41, 5.74) is -1.33. The Bertz CT molecular complexity index is 1440. The highest BCUT2D eigenvalue weighted by atomic mass is 19.1. The van der Waals surface area contributed by atoms with Gasteiger partial charge in [-0.2, -0.15) is 0 Å². The fraction of sp³-hybridized carbons (Fsp3) is 0.345. The summed E-state index contributed by atoms with van der Waals surface area (Å²) in [6.45, 7) is 6.93. The van der Waals surface area contributed by atoms with Crippen molar-refractivity contribution in [1.29, 1.82) is 0 Å². The Hall–Kier alpha value is -4.28. The number of carbonyl (C=O) groups excluding carboxylic acids is 3. The van der Waals surface area contributed by atoms with Crippen LogP contribution in [0.15, 0.2) is 48.8 Å². The Kier molecular flexibility index (Phi) is 8.22. The van der Waals surface area contributed by atoms with Crippen molar-refractivity contribution in [2.24, 2.45) is 5.92 Å². The molecule has 4 rings (SSSR count). The first-order chi connectivity index (χ1) is 18.8. The topological polar surface area (TPSA) is 110 Å². The lowest BCUT2D eigenvalue weighted by Crippen LogP contribution is -2.48. The number of hydrogen-bond acceptors (Lipinski definition) is 6. The Morgan fingerprint density at radius 3 is 2.38 bits per heavy atom. The second-order valence-corrected chi connectivity index (χ2v) is 10.7. The van der Waals surface area contributed by atoms with E-state index in [4.69, 9.17) is 4.74 Å². The first-order valence-electron chi connectivity index (χ1n) is 12.7. The third-order valence-corrected chi connectivity index (χ3v) is 6.50. The average Bonchev–Trinajstić information content (AvgIpc) is 2.86. The zero-order valence-electron chi connectivity index (χ0n) is 22.4. The van der Waals surface area contributed by atoms with E-state index in [9.17, 15) is 27.6 Å². The molecule has 0 aliphatic heterocycles. The minimum atomic E-state index is -1.02. The van der Waals surface area contributed by atoms with Crippen molar-refractivity contribution in [3.05, 3.63) is 77.5 Å². The lowest BCUT2D eigenvalue weighted by molar-refractivity contribution is -0.126. The van der Waals surface area contributed by atoms with E-state index in [1.807, 2.05) is 0 Å². The van der Waals surface area contributed by atoms with Gasteiger partial charge in [0, 0.05) is 12.1 Å². The molecule has 40 heavy (non-hydrogen) atoms. The van der Waals surface area contributed by atoms with Gasteiger partial charge < -0.3 is 15.4 Å². The molecular formula is C29H29F3N4O4. The maximum Gasteiger partial charge on any atom is 0.408 e. The van der Waals surface area contributed by atoms with Gasteiger partial charge in [-0.3, -0.25) is 14.6 Å². The zero-order chi connectivity index (χ0) is 29.2. The minimum absolute atomic E-state index is 0.120. The maximum atomic E-state index is 14.5. The van der Waals surface area contributed by atoms with Crippen molar-refractivity contribution < 1.29 is 32.3 Å². The molecular weight excluding hydrogens is 525 g/mol. The van der Waals surface area contributed by atoms with Crippen LogP contribution in [0, 0.1) is 23.4 Å². The Labute approximate surface area is 229 Å². The number of benzene rings is 1. The van der Waals surface area contributed by atoms with Crippen molar-refractivity contribution in [2.75, 3.05) is 5.32 Å². The molecule has 2 aromatic heterocycles. The standard InChI is InChI=1S/C29H29F3N4O4/c1-15-12-16(13-22(26(15)37)36-28(39)40-29(2,3)4)17-10-11-33-14-23(17)35-27(38)21-9-8-20(32)25(34-21)24-18(30)6-5-7-19(24)31/h5-11,14-16,22H,12-13H2,1-4H3,(H,35,38)(H,36,39). The van der Waals surface area contributed by atoms with Crippen molar-refractivity contribution in [3.63, 3.8) is 0 Å². The highest BCUT2D eigenvalue weighted by Crippen LogP contribution is 2.38. The molecule has 1 aliphatic rings. The number of nitrogens with one attached hydrogen (secondary N) is 2. The summed E-state index contributed by atoms with van der Waals surface area (Å²) in [5, 5.41) is 5.35. The number of halogens is 3. The molecule has 2 amide bonds. The lowest BCUT2D eigenvalue weighted by Gasteiger charge is -2.34. The molecule has 3 unspecified atom stereocenters. The van der Waals surface area contributed by atoms with Gasteiger partial charge in [0.15, 0.2) is 5.78 Å². The maximum absolute atomic E-state index is 14.5. The predicted octanol–water partition coefficient (Wildman–Crippen LogP) is 5.79. The molecule has 11 heteroatoms. The molecule has 8 nitrogen and oxygen atoms in total. The fourth-order valence-electron chi connectivity index (χ4n) is 4.74. The molecule has 0 spiro atoms. The van der Waals surface area contributed by atoms with Gasteiger partial charge in [0.2, 0.25) is 0 Å². The van der Waals surface area contributed by atoms with E-state index < -0.39 is 52.4 Å².